The normalized spacial score (nSPS) is 17.6. The zero-order chi connectivity index (χ0) is 26.5. The van der Waals surface area contributed by atoms with Crippen LogP contribution >= 0.6 is 44.1 Å². The standard InChI is InChI=1S/C28H35Br2N5O2S/c29-23-15-19-20-16-24(30)26(37-14-12-35-9-5-2-6-10-35)18-22(20)27(32-33-28(31)38)21(19)17-25(23)36-13-11-34-7-3-1-4-8-34/h15-18H,1-14H2,(H3,31,33,38). The van der Waals surface area contributed by atoms with Crippen LogP contribution in [0.15, 0.2) is 38.3 Å². The fraction of sp³-hybridized carbons (Fsp3) is 0.500. The van der Waals surface area contributed by atoms with Gasteiger partial charge in [0.2, 0.25) is 0 Å². The second kappa shape index (κ2) is 13.1. The van der Waals surface area contributed by atoms with E-state index in [9.17, 15) is 0 Å². The SMILES string of the molecule is NC(=S)NN=C1c2cc(OCCN3CCCCC3)c(Br)cc2-c2cc(Br)c(OCCN3CCCCC3)cc21. The summed E-state index contributed by atoms with van der Waals surface area (Å²) < 4.78 is 14.3. The first-order chi connectivity index (χ1) is 18.5. The van der Waals surface area contributed by atoms with Gasteiger partial charge in [-0.25, -0.2) is 0 Å². The number of likely N-dealkylation sites (tertiary alicyclic amines) is 2. The maximum atomic E-state index is 6.24. The molecular formula is C28H35Br2N5O2S. The Balaban J connectivity index is 1.36. The van der Waals surface area contributed by atoms with Gasteiger partial charge in [-0.05, 0) is 131 Å². The van der Waals surface area contributed by atoms with Crippen molar-refractivity contribution in [2.45, 2.75) is 38.5 Å². The molecule has 2 saturated heterocycles. The van der Waals surface area contributed by atoms with Crippen LogP contribution in [0, 0.1) is 0 Å². The lowest BCUT2D eigenvalue weighted by atomic mass is 10.1. The van der Waals surface area contributed by atoms with E-state index in [1.54, 1.807) is 0 Å². The second-order valence-electron chi connectivity index (χ2n) is 10.1. The van der Waals surface area contributed by atoms with Crippen LogP contribution in [0.1, 0.15) is 49.7 Å². The Labute approximate surface area is 247 Å². The molecule has 0 saturated carbocycles. The predicted octanol–water partition coefficient (Wildman–Crippen LogP) is 5.51. The summed E-state index contributed by atoms with van der Waals surface area (Å²) in [5.74, 6) is 1.60. The summed E-state index contributed by atoms with van der Waals surface area (Å²) in [5, 5.41) is 4.72. The van der Waals surface area contributed by atoms with Crippen LogP contribution in [0.3, 0.4) is 0 Å². The Bertz CT molecular complexity index is 1110. The maximum Gasteiger partial charge on any atom is 0.184 e. The van der Waals surface area contributed by atoms with E-state index in [0.29, 0.717) is 13.2 Å². The lowest BCUT2D eigenvalue weighted by molar-refractivity contribution is 0.183. The van der Waals surface area contributed by atoms with Gasteiger partial charge in [-0.2, -0.15) is 5.10 Å². The average molecular weight is 665 g/mol. The molecule has 2 aromatic rings. The van der Waals surface area contributed by atoms with Crippen LogP contribution in [-0.2, 0) is 0 Å². The zero-order valence-corrected chi connectivity index (χ0v) is 25.6. The summed E-state index contributed by atoms with van der Waals surface area (Å²) in [7, 11) is 0. The van der Waals surface area contributed by atoms with Crippen LogP contribution in [0.25, 0.3) is 11.1 Å². The van der Waals surface area contributed by atoms with Crippen LogP contribution in [0.2, 0.25) is 0 Å². The van der Waals surface area contributed by atoms with Gasteiger partial charge in [-0.15, -0.1) is 0 Å². The number of hydrogen-bond donors (Lipinski definition) is 2. The van der Waals surface area contributed by atoms with Crippen molar-refractivity contribution in [2.75, 3.05) is 52.5 Å². The van der Waals surface area contributed by atoms with Crippen molar-refractivity contribution in [2.24, 2.45) is 10.8 Å². The summed E-state index contributed by atoms with van der Waals surface area (Å²) in [4.78, 5) is 4.95. The first-order valence-electron chi connectivity index (χ1n) is 13.5. The molecule has 0 aromatic heterocycles. The minimum atomic E-state index is 0.123. The molecule has 10 heteroatoms. The zero-order valence-electron chi connectivity index (χ0n) is 21.6. The van der Waals surface area contributed by atoms with E-state index in [0.717, 1.165) is 87.7 Å². The highest BCUT2D eigenvalue weighted by Gasteiger charge is 2.29. The Morgan fingerprint density at radius 3 is 1.63 bits per heavy atom. The molecule has 3 N–H and O–H groups in total. The topological polar surface area (TPSA) is 75.3 Å². The smallest absolute Gasteiger partial charge is 0.184 e. The number of hydrogen-bond acceptors (Lipinski definition) is 6. The molecule has 0 spiro atoms. The number of nitrogens with two attached hydrogens (primary N) is 1. The molecule has 0 amide bonds. The highest BCUT2D eigenvalue weighted by molar-refractivity contribution is 9.11. The molecule has 2 heterocycles. The van der Waals surface area contributed by atoms with Crippen molar-refractivity contribution >= 4 is 54.9 Å². The summed E-state index contributed by atoms with van der Waals surface area (Å²) in [6.45, 7) is 7.76. The highest BCUT2D eigenvalue weighted by Crippen LogP contribution is 2.45. The van der Waals surface area contributed by atoms with Crippen LogP contribution in [0.4, 0.5) is 0 Å². The number of piperidine rings is 2. The number of benzene rings is 2. The van der Waals surface area contributed by atoms with Gasteiger partial charge in [-0.1, -0.05) is 12.8 Å². The van der Waals surface area contributed by atoms with Gasteiger partial charge >= 0.3 is 0 Å². The Hall–Kier alpha value is -1.72. The Kier molecular flexibility index (Phi) is 9.59. The number of halogens is 2. The van der Waals surface area contributed by atoms with E-state index >= 15 is 0 Å². The molecule has 2 fully saturated rings. The van der Waals surface area contributed by atoms with E-state index in [1.165, 1.54) is 38.5 Å². The first kappa shape index (κ1) is 27.8. The van der Waals surface area contributed by atoms with E-state index in [4.69, 9.17) is 27.4 Å². The van der Waals surface area contributed by atoms with Crippen LogP contribution < -0.4 is 20.6 Å². The molecule has 5 rings (SSSR count). The van der Waals surface area contributed by atoms with Crippen LogP contribution in [-0.4, -0.2) is 73.1 Å². The van der Waals surface area contributed by atoms with Gasteiger partial charge in [0.05, 0.1) is 14.7 Å². The molecule has 2 aliphatic heterocycles. The number of thiocarbonyl (C=S) groups is 1. The van der Waals surface area contributed by atoms with E-state index in [1.807, 2.05) is 0 Å². The molecule has 0 unspecified atom stereocenters. The third-order valence-corrected chi connectivity index (χ3v) is 8.78. The summed E-state index contributed by atoms with van der Waals surface area (Å²) in [6, 6.07) is 8.33. The van der Waals surface area contributed by atoms with Crippen molar-refractivity contribution in [1.29, 1.82) is 0 Å². The van der Waals surface area contributed by atoms with E-state index in [-0.39, 0.29) is 5.11 Å². The second-order valence-corrected chi connectivity index (χ2v) is 12.2. The Morgan fingerprint density at radius 1 is 0.763 bits per heavy atom. The van der Waals surface area contributed by atoms with Crippen molar-refractivity contribution in [1.82, 2.24) is 15.2 Å². The molecule has 0 radical (unpaired) electrons. The largest absolute Gasteiger partial charge is 0.491 e. The summed E-state index contributed by atoms with van der Waals surface area (Å²) >= 11 is 12.5. The Morgan fingerprint density at radius 2 is 1.21 bits per heavy atom. The lowest BCUT2D eigenvalue weighted by Crippen LogP contribution is -2.33. The van der Waals surface area contributed by atoms with Gasteiger partial charge in [0.1, 0.15) is 24.7 Å². The fourth-order valence-corrected chi connectivity index (χ4v) is 6.44. The molecule has 3 aliphatic rings. The summed E-state index contributed by atoms with van der Waals surface area (Å²) in [5.41, 5.74) is 13.4. The predicted molar refractivity (Wildman–Crippen MR) is 164 cm³/mol. The number of nitrogens with zero attached hydrogens (tertiary/aromatic N) is 3. The quantitative estimate of drug-likeness (QED) is 0.231. The molecular weight excluding hydrogens is 630 g/mol. The number of ether oxygens (including phenoxy) is 2. The number of nitrogens with one attached hydrogen (secondary N) is 1. The van der Waals surface area contributed by atoms with E-state index in [2.05, 4.69) is 76.5 Å². The minimum Gasteiger partial charge on any atom is -0.491 e. The van der Waals surface area contributed by atoms with Gasteiger partial charge in [-0.3, -0.25) is 15.2 Å². The summed E-state index contributed by atoms with van der Waals surface area (Å²) in [6.07, 6.45) is 7.76. The third kappa shape index (κ3) is 6.70. The molecule has 1 aliphatic carbocycles. The van der Waals surface area contributed by atoms with Crippen LogP contribution in [0.5, 0.6) is 11.5 Å². The van der Waals surface area contributed by atoms with E-state index < -0.39 is 0 Å². The monoisotopic (exact) mass is 663 g/mol. The number of hydrazone groups is 1. The molecule has 38 heavy (non-hydrogen) atoms. The first-order valence-corrected chi connectivity index (χ1v) is 15.5. The molecule has 0 bridgehead atoms. The van der Waals surface area contributed by atoms with Gasteiger partial charge in [0.15, 0.2) is 5.11 Å². The van der Waals surface area contributed by atoms with Gasteiger partial charge < -0.3 is 15.2 Å². The number of fused-ring (bicyclic) bond motifs is 3. The van der Waals surface area contributed by atoms with Crippen molar-refractivity contribution in [3.05, 3.63) is 44.3 Å². The minimum absolute atomic E-state index is 0.123. The molecule has 0 atom stereocenters. The average Bonchev–Trinajstić information content (AvgIpc) is 3.20. The molecule has 2 aromatic carbocycles. The van der Waals surface area contributed by atoms with Crippen molar-refractivity contribution < 1.29 is 9.47 Å². The molecule has 204 valence electrons. The van der Waals surface area contributed by atoms with Gasteiger partial charge in [0, 0.05) is 24.2 Å². The van der Waals surface area contributed by atoms with Crippen molar-refractivity contribution in [3.63, 3.8) is 0 Å². The molecule has 7 nitrogen and oxygen atoms in total. The van der Waals surface area contributed by atoms with Gasteiger partial charge in [0.25, 0.3) is 0 Å². The fourth-order valence-electron chi connectivity index (χ4n) is 5.48. The third-order valence-electron chi connectivity index (χ3n) is 7.45. The maximum absolute atomic E-state index is 6.24. The number of rotatable bonds is 9. The lowest BCUT2D eigenvalue weighted by Gasteiger charge is -2.26. The highest BCUT2D eigenvalue weighted by atomic mass is 79.9. The van der Waals surface area contributed by atoms with Crippen molar-refractivity contribution in [3.8, 4) is 22.6 Å².